The van der Waals surface area contributed by atoms with Crippen molar-refractivity contribution in [3.8, 4) is 22.3 Å². The molecule has 6 aromatic rings. The minimum absolute atomic E-state index is 0. The summed E-state index contributed by atoms with van der Waals surface area (Å²) >= 11 is 0. The maximum atomic E-state index is 14.8. The monoisotopic (exact) mass is 880 g/mol. The molecule has 0 spiro atoms. The summed E-state index contributed by atoms with van der Waals surface area (Å²) < 4.78 is 48.9. The number of aromatic nitrogens is 2. The molecule has 0 unspecified atom stereocenters. The first-order valence-corrected chi connectivity index (χ1v) is 19.4. The third-order valence-electron chi connectivity index (χ3n) is 9.43. The Labute approximate surface area is 366 Å². The topological polar surface area (TPSA) is 224 Å². The van der Waals surface area contributed by atoms with Crippen LogP contribution in [-0.2, 0) is 25.6 Å². The van der Waals surface area contributed by atoms with E-state index in [2.05, 4.69) is 30.8 Å². The molecule has 19 heteroatoms. The number of hydrogen-bond acceptors (Lipinski definition) is 13. The number of ether oxygens (including phenoxy) is 2. The Kier molecular flexibility index (Phi) is 16.2. The van der Waals surface area contributed by atoms with Gasteiger partial charge in [-0.3, -0.25) is 24.2 Å². The maximum absolute atomic E-state index is 14.8. The van der Waals surface area contributed by atoms with E-state index >= 15 is 0 Å². The summed E-state index contributed by atoms with van der Waals surface area (Å²) in [4.78, 5) is 59.5. The molecular formula is C45H46F2N8O9. The minimum Gasteiger partial charge on any atom is -0.442 e. The van der Waals surface area contributed by atoms with Crippen LogP contribution in [0.1, 0.15) is 37.2 Å². The van der Waals surface area contributed by atoms with E-state index in [0.717, 1.165) is 17.4 Å². The standard InChI is InChI=1S/C22H21FN4O4.C19H17FN2O4.C3H4N2O.CH4/c1-14(28)24-12-18-13-27(22(29)31-18)17-6-7-19(20(23)10-17)16-4-2-15(3-5-16)11-25-21-8-9-30-26-21;1-12(24)21-9-16-10-22(19(25)26-16)15-6-7-17(18(20)8-15)14-4-2-13(11-23)3-5-14;4-3-1-2-6-5-3;/h2-10,18H,11-13H2,1H3,(H,24,28)(H,25,26);2-8,11,16H,9-10H2,1H3,(H,21,24);1-2H,(H2,4,5);1H4/t18-;16-;;/m00../s1. The van der Waals surface area contributed by atoms with Crippen LogP contribution in [0.15, 0.2) is 119 Å². The molecule has 0 bridgehead atoms. The molecule has 8 rings (SSSR count). The molecule has 2 aliphatic heterocycles. The summed E-state index contributed by atoms with van der Waals surface area (Å²) in [5, 5.41) is 15.4. The lowest BCUT2D eigenvalue weighted by Gasteiger charge is -2.15. The van der Waals surface area contributed by atoms with Crippen molar-refractivity contribution in [1.29, 1.82) is 0 Å². The second-order valence-corrected chi connectivity index (χ2v) is 14.0. The van der Waals surface area contributed by atoms with Gasteiger partial charge in [0.25, 0.3) is 0 Å². The molecule has 0 radical (unpaired) electrons. The number of nitrogens with two attached hydrogens (primary N) is 1. The molecule has 2 atom stereocenters. The van der Waals surface area contributed by atoms with Crippen molar-refractivity contribution in [2.24, 2.45) is 0 Å². The Balaban J connectivity index is 0.000000212. The Morgan fingerprint density at radius 3 is 1.59 bits per heavy atom. The zero-order valence-electron chi connectivity index (χ0n) is 34.0. The second kappa shape index (κ2) is 22.1. The summed E-state index contributed by atoms with van der Waals surface area (Å²) in [5.74, 6) is -0.274. The average Bonchev–Trinajstić information content (AvgIpc) is 4.12. The Hall–Kier alpha value is -8.09. The van der Waals surface area contributed by atoms with Crippen LogP contribution in [0.25, 0.3) is 22.3 Å². The predicted molar refractivity (Wildman–Crippen MR) is 233 cm³/mol. The van der Waals surface area contributed by atoms with Gasteiger partial charge in [0.1, 0.15) is 42.7 Å². The van der Waals surface area contributed by atoms with Gasteiger partial charge in [-0.2, -0.15) is 0 Å². The summed E-state index contributed by atoms with van der Waals surface area (Å²) in [6.07, 6.45) is 1.54. The number of cyclic esters (lactones) is 2. The fourth-order valence-electron chi connectivity index (χ4n) is 6.27. The van der Waals surface area contributed by atoms with Gasteiger partial charge < -0.3 is 40.2 Å². The molecule has 17 nitrogen and oxygen atoms in total. The lowest BCUT2D eigenvalue weighted by molar-refractivity contribution is -0.120. The van der Waals surface area contributed by atoms with Gasteiger partial charge in [0.15, 0.2) is 11.6 Å². The van der Waals surface area contributed by atoms with Gasteiger partial charge in [-0.25, -0.2) is 18.4 Å². The number of nitrogens with one attached hydrogen (secondary N) is 3. The van der Waals surface area contributed by atoms with Crippen molar-refractivity contribution in [2.75, 3.05) is 47.0 Å². The molecule has 2 aliphatic rings. The average molecular weight is 881 g/mol. The minimum atomic E-state index is -0.581. The fourth-order valence-corrected chi connectivity index (χ4v) is 6.27. The van der Waals surface area contributed by atoms with Crippen molar-refractivity contribution < 1.29 is 51.3 Å². The van der Waals surface area contributed by atoms with Crippen LogP contribution in [0.3, 0.4) is 0 Å². The van der Waals surface area contributed by atoms with Crippen LogP contribution in [0.4, 0.5) is 41.4 Å². The van der Waals surface area contributed by atoms with Gasteiger partial charge in [0.2, 0.25) is 11.8 Å². The third-order valence-corrected chi connectivity index (χ3v) is 9.43. The molecular weight excluding hydrogens is 835 g/mol. The quantitative estimate of drug-likeness (QED) is 0.0893. The fraction of sp³-hybridized carbons (Fsp3) is 0.222. The van der Waals surface area contributed by atoms with Gasteiger partial charge in [-0.1, -0.05) is 66.3 Å². The second-order valence-electron chi connectivity index (χ2n) is 14.0. The molecule has 4 heterocycles. The molecule has 334 valence electrons. The largest absolute Gasteiger partial charge is 0.442 e. The predicted octanol–water partition coefficient (Wildman–Crippen LogP) is 7.21. The first-order chi connectivity index (χ1) is 30.4. The van der Waals surface area contributed by atoms with Crippen molar-refractivity contribution in [3.05, 3.63) is 132 Å². The van der Waals surface area contributed by atoms with Gasteiger partial charge in [-0.05, 0) is 53.1 Å². The number of carbonyl (C=O) groups excluding carboxylic acids is 5. The SMILES string of the molecule is C.CC(=O)NC[C@H]1CN(c2ccc(-c3ccc(C=O)cc3)c(F)c2)C(=O)O1.CC(=O)NC[C@H]1CN(c2ccc(-c3ccc(CNc4ccon4)cc3)c(F)c2)C(=O)O1.Nc1ccon1. The number of halogens is 2. The number of aldehydes is 1. The van der Waals surface area contributed by atoms with E-state index in [4.69, 9.17) is 19.7 Å². The highest BCUT2D eigenvalue weighted by Crippen LogP contribution is 2.31. The van der Waals surface area contributed by atoms with Gasteiger partial charge in [0.05, 0.1) is 37.6 Å². The van der Waals surface area contributed by atoms with E-state index in [1.165, 1.54) is 48.3 Å². The Morgan fingerprint density at radius 1 is 0.719 bits per heavy atom. The van der Waals surface area contributed by atoms with Gasteiger partial charge in [-0.15, -0.1) is 0 Å². The molecule has 2 fully saturated rings. The summed E-state index contributed by atoms with van der Waals surface area (Å²) in [6.45, 7) is 4.23. The molecule has 64 heavy (non-hydrogen) atoms. The first-order valence-electron chi connectivity index (χ1n) is 19.4. The number of rotatable bonds is 12. The molecule has 5 N–H and O–H groups in total. The Bertz CT molecular complexity index is 2500. The van der Waals surface area contributed by atoms with E-state index in [1.807, 2.05) is 24.3 Å². The number of anilines is 4. The molecule has 4 aromatic carbocycles. The van der Waals surface area contributed by atoms with Crippen molar-refractivity contribution in [1.82, 2.24) is 20.9 Å². The summed E-state index contributed by atoms with van der Waals surface area (Å²) in [6, 6.07) is 26.5. The summed E-state index contributed by atoms with van der Waals surface area (Å²) in [5.41, 5.74) is 9.54. The van der Waals surface area contributed by atoms with E-state index in [-0.39, 0.29) is 45.4 Å². The summed E-state index contributed by atoms with van der Waals surface area (Å²) in [7, 11) is 0. The highest BCUT2D eigenvalue weighted by molar-refractivity contribution is 5.91. The van der Waals surface area contributed by atoms with Crippen LogP contribution < -0.4 is 31.5 Å². The molecule has 4 amide bonds. The molecule has 2 saturated heterocycles. The van der Waals surface area contributed by atoms with Gasteiger partial charge >= 0.3 is 12.2 Å². The van der Waals surface area contributed by atoms with E-state index in [9.17, 15) is 32.8 Å². The van der Waals surface area contributed by atoms with Crippen LogP contribution in [0, 0.1) is 11.6 Å². The molecule has 0 saturated carbocycles. The van der Waals surface area contributed by atoms with Crippen LogP contribution in [0.5, 0.6) is 0 Å². The van der Waals surface area contributed by atoms with Crippen LogP contribution >= 0.6 is 0 Å². The maximum Gasteiger partial charge on any atom is 0.414 e. The number of nitrogen functional groups attached to an aromatic ring is 1. The van der Waals surface area contributed by atoms with Crippen LogP contribution in [0.2, 0.25) is 0 Å². The number of carbonyl (C=O) groups is 5. The highest BCUT2D eigenvalue weighted by atomic mass is 19.1. The molecule has 0 aliphatic carbocycles. The number of benzene rings is 4. The zero-order valence-corrected chi connectivity index (χ0v) is 34.0. The first kappa shape index (κ1) is 47.0. The van der Waals surface area contributed by atoms with E-state index in [1.54, 1.807) is 60.7 Å². The number of hydrogen-bond donors (Lipinski definition) is 4. The van der Waals surface area contributed by atoms with E-state index < -0.39 is 36.0 Å². The third kappa shape index (κ3) is 12.7. The lowest BCUT2D eigenvalue weighted by atomic mass is 10.0. The van der Waals surface area contributed by atoms with Crippen molar-refractivity contribution >= 4 is 53.3 Å². The molecule has 2 aromatic heterocycles. The normalized spacial score (nSPS) is 15.0. The van der Waals surface area contributed by atoms with Crippen molar-refractivity contribution in [2.45, 2.75) is 40.0 Å². The zero-order chi connectivity index (χ0) is 44.9. The number of amides is 4. The number of nitrogens with zero attached hydrogens (tertiary/aromatic N) is 4. The van der Waals surface area contributed by atoms with Crippen LogP contribution in [-0.4, -0.2) is 79.0 Å². The van der Waals surface area contributed by atoms with Crippen molar-refractivity contribution in [3.63, 3.8) is 0 Å². The van der Waals surface area contributed by atoms with E-state index in [0.29, 0.717) is 51.8 Å². The smallest absolute Gasteiger partial charge is 0.414 e. The van der Waals surface area contributed by atoms with Gasteiger partial charge in [0, 0.05) is 49.2 Å². The lowest BCUT2D eigenvalue weighted by Crippen LogP contribution is -2.33. The highest BCUT2D eigenvalue weighted by Gasteiger charge is 2.34. The Morgan fingerprint density at radius 2 is 1.20 bits per heavy atom.